The molecule has 0 aliphatic rings. The molecule has 2 heteroatoms. The van der Waals surface area contributed by atoms with E-state index in [0.29, 0.717) is 10.0 Å². The fraction of sp³-hybridized carbons (Fsp3) is 0. The molecule has 0 aliphatic carbocycles. The maximum absolute atomic E-state index is 6.13. The molecule has 0 amide bonds. The maximum Gasteiger partial charge on any atom is 0.0406 e. The van der Waals surface area contributed by atoms with Crippen LogP contribution in [0.1, 0.15) is 22.3 Å². The van der Waals surface area contributed by atoms with Crippen LogP contribution in [0.4, 0.5) is 0 Å². The number of rotatable bonds is 4. The Kier molecular flexibility index (Phi) is 5.98. The zero-order chi connectivity index (χ0) is 20.1. The van der Waals surface area contributed by atoms with Crippen LogP contribution in [0.5, 0.6) is 0 Å². The summed E-state index contributed by atoms with van der Waals surface area (Å²) in [6.07, 6.45) is 0. The highest BCUT2D eigenvalue weighted by molar-refractivity contribution is 6.31. The van der Waals surface area contributed by atoms with E-state index >= 15 is 0 Å². The maximum atomic E-state index is 6.13. The van der Waals surface area contributed by atoms with Gasteiger partial charge in [0.15, 0.2) is 0 Å². The molecule has 4 aromatic carbocycles. The lowest BCUT2D eigenvalue weighted by Crippen LogP contribution is -1.90. The molecule has 0 bridgehead atoms. The number of halogens is 2. The summed E-state index contributed by atoms with van der Waals surface area (Å²) in [5.41, 5.74) is 10.0. The van der Waals surface area contributed by atoms with Crippen LogP contribution in [0.2, 0.25) is 10.0 Å². The summed E-state index contributed by atoms with van der Waals surface area (Å²) in [5.74, 6) is 0. The average molecular weight is 413 g/mol. The van der Waals surface area contributed by atoms with Crippen molar-refractivity contribution in [2.75, 3.05) is 0 Å². The van der Waals surface area contributed by atoms with Crippen LogP contribution < -0.4 is 0 Å². The summed E-state index contributed by atoms with van der Waals surface area (Å²) in [6.45, 7) is 0. The van der Waals surface area contributed by atoms with Crippen LogP contribution in [0.15, 0.2) is 115 Å². The normalized spacial score (nSPS) is 10.3. The highest BCUT2D eigenvalue weighted by Crippen LogP contribution is 2.29. The van der Waals surface area contributed by atoms with Gasteiger partial charge in [-0.15, -0.1) is 5.73 Å². The molecule has 4 rings (SSSR count). The molecule has 0 aromatic heterocycles. The molecule has 29 heavy (non-hydrogen) atoms. The molecule has 140 valence electrons. The lowest BCUT2D eigenvalue weighted by Gasteiger charge is -2.10. The van der Waals surface area contributed by atoms with E-state index in [1.807, 2.05) is 84.9 Å². The van der Waals surface area contributed by atoms with Gasteiger partial charge in [0.2, 0.25) is 0 Å². The molecule has 4 aromatic rings. The minimum Gasteiger partial charge on any atom is -0.102 e. The van der Waals surface area contributed by atoms with Gasteiger partial charge in [0.1, 0.15) is 0 Å². The van der Waals surface area contributed by atoms with E-state index in [1.54, 1.807) is 0 Å². The van der Waals surface area contributed by atoms with Crippen molar-refractivity contribution in [3.8, 4) is 0 Å². The number of hydrogen-bond acceptors (Lipinski definition) is 0. The molecule has 0 N–H and O–H groups in total. The Morgan fingerprint density at radius 2 is 0.724 bits per heavy atom. The SMILES string of the molecule is Clc1ccc(C(=C=C(c2ccccc2)c2ccccc2)c2ccc(Cl)cc2)cc1. The van der Waals surface area contributed by atoms with Crippen molar-refractivity contribution < 1.29 is 0 Å². The predicted molar refractivity (Wildman–Crippen MR) is 124 cm³/mol. The summed E-state index contributed by atoms with van der Waals surface area (Å²) in [6, 6.07) is 36.4. The minimum absolute atomic E-state index is 0.708. The first kappa shape index (κ1) is 19.3. The number of benzene rings is 4. The Bertz CT molecular complexity index is 1060. The third-order valence-corrected chi connectivity index (χ3v) is 5.14. The highest BCUT2D eigenvalue weighted by Gasteiger charge is 2.09. The van der Waals surface area contributed by atoms with Crippen LogP contribution in [-0.4, -0.2) is 0 Å². The third-order valence-electron chi connectivity index (χ3n) is 4.64. The summed E-state index contributed by atoms with van der Waals surface area (Å²) in [4.78, 5) is 0. The van der Waals surface area contributed by atoms with E-state index in [4.69, 9.17) is 23.2 Å². The van der Waals surface area contributed by atoms with Crippen LogP contribution in [0, 0.1) is 0 Å². The van der Waals surface area contributed by atoms with Crippen LogP contribution >= 0.6 is 23.2 Å². The first-order chi connectivity index (χ1) is 14.2. The predicted octanol–water partition coefficient (Wildman–Crippen LogP) is 8.16. The van der Waals surface area contributed by atoms with E-state index in [9.17, 15) is 0 Å². The molecule has 0 unspecified atom stereocenters. The van der Waals surface area contributed by atoms with E-state index < -0.39 is 0 Å². The first-order valence-corrected chi connectivity index (χ1v) is 10.1. The van der Waals surface area contributed by atoms with Gasteiger partial charge in [0, 0.05) is 21.2 Å². The van der Waals surface area contributed by atoms with Crippen molar-refractivity contribution in [2.24, 2.45) is 0 Å². The molecular weight excluding hydrogens is 395 g/mol. The zero-order valence-corrected chi connectivity index (χ0v) is 17.2. The molecule has 0 saturated carbocycles. The quantitative estimate of drug-likeness (QED) is 0.296. The standard InChI is InChI=1S/C27H18Cl2/c28-24-15-11-22(12-16-24)27(23-13-17-25(29)18-14-23)19-26(20-7-3-1-4-8-20)21-9-5-2-6-10-21/h1-18H. The fourth-order valence-corrected chi connectivity index (χ4v) is 3.44. The van der Waals surface area contributed by atoms with Crippen LogP contribution in [0.3, 0.4) is 0 Å². The van der Waals surface area contributed by atoms with Crippen LogP contribution in [-0.2, 0) is 0 Å². The van der Waals surface area contributed by atoms with Crippen molar-refractivity contribution in [1.82, 2.24) is 0 Å². The largest absolute Gasteiger partial charge is 0.102 e. The lowest BCUT2D eigenvalue weighted by molar-refractivity contribution is 1.53. The molecular formula is C27H18Cl2. The molecule has 0 spiro atoms. The van der Waals surface area contributed by atoms with Gasteiger partial charge in [0.25, 0.3) is 0 Å². The van der Waals surface area contributed by atoms with E-state index in [1.165, 1.54) is 0 Å². The summed E-state index contributed by atoms with van der Waals surface area (Å²) >= 11 is 12.3. The van der Waals surface area contributed by atoms with Crippen molar-refractivity contribution in [1.29, 1.82) is 0 Å². The summed E-state index contributed by atoms with van der Waals surface area (Å²) < 4.78 is 0. The molecule has 0 saturated heterocycles. The Labute approximate surface area is 181 Å². The van der Waals surface area contributed by atoms with Gasteiger partial charge in [-0.2, -0.15) is 0 Å². The van der Waals surface area contributed by atoms with Crippen molar-refractivity contribution in [3.63, 3.8) is 0 Å². The first-order valence-electron chi connectivity index (χ1n) is 9.34. The molecule has 0 heterocycles. The smallest absolute Gasteiger partial charge is 0.0406 e. The Hall–Kier alpha value is -3.02. The molecule has 0 aliphatic heterocycles. The van der Waals surface area contributed by atoms with Crippen molar-refractivity contribution in [3.05, 3.63) is 147 Å². The van der Waals surface area contributed by atoms with Gasteiger partial charge in [-0.05, 0) is 46.5 Å². The minimum atomic E-state index is 0.708. The zero-order valence-electron chi connectivity index (χ0n) is 15.6. The average Bonchev–Trinajstić information content (AvgIpc) is 2.77. The second kappa shape index (κ2) is 8.99. The number of hydrogen-bond donors (Lipinski definition) is 0. The molecule has 0 fully saturated rings. The third kappa shape index (κ3) is 4.70. The van der Waals surface area contributed by atoms with Gasteiger partial charge in [-0.1, -0.05) is 108 Å². The van der Waals surface area contributed by atoms with E-state index in [-0.39, 0.29) is 0 Å². The van der Waals surface area contributed by atoms with Crippen molar-refractivity contribution >= 4 is 34.3 Å². The molecule has 0 nitrogen and oxygen atoms in total. The van der Waals surface area contributed by atoms with E-state index in [2.05, 4.69) is 30.0 Å². The van der Waals surface area contributed by atoms with Crippen LogP contribution in [0.25, 0.3) is 11.1 Å². The second-order valence-electron chi connectivity index (χ2n) is 6.62. The molecule has 0 radical (unpaired) electrons. The molecule has 0 atom stereocenters. The highest BCUT2D eigenvalue weighted by atomic mass is 35.5. The monoisotopic (exact) mass is 412 g/mol. The Morgan fingerprint density at radius 3 is 1.07 bits per heavy atom. The fourth-order valence-electron chi connectivity index (χ4n) is 3.19. The van der Waals surface area contributed by atoms with Gasteiger partial charge in [-0.3, -0.25) is 0 Å². The Balaban J connectivity index is 2.04. The second-order valence-corrected chi connectivity index (χ2v) is 7.49. The van der Waals surface area contributed by atoms with Gasteiger partial charge in [-0.25, -0.2) is 0 Å². The van der Waals surface area contributed by atoms with Gasteiger partial charge in [0.05, 0.1) is 0 Å². The van der Waals surface area contributed by atoms with Gasteiger partial charge < -0.3 is 0 Å². The Morgan fingerprint density at radius 1 is 0.414 bits per heavy atom. The summed E-state index contributed by atoms with van der Waals surface area (Å²) in [7, 11) is 0. The van der Waals surface area contributed by atoms with Gasteiger partial charge >= 0.3 is 0 Å². The topological polar surface area (TPSA) is 0 Å². The van der Waals surface area contributed by atoms with Crippen molar-refractivity contribution in [2.45, 2.75) is 0 Å². The summed E-state index contributed by atoms with van der Waals surface area (Å²) in [5, 5.41) is 1.42. The van der Waals surface area contributed by atoms with E-state index in [0.717, 1.165) is 33.4 Å². The lowest BCUT2D eigenvalue weighted by atomic mass is 9.93.